The van der Waals surface area contributed by atoms with E-state index in [0.717, 1.165) is 0 Å². The van der Waals surface area contributed by atoms with Gasteiger partial charge in [0.1, 0.15) is 11.6 Å². The lowest BCUT2D eigenvalue weighted by Gasteiger charge is -2.15. The van der Waals surface area contributed by atoms with Gasteiger partial charge in [-0.2, -0.15) is 0 Å². The van der Waals surface area contributed by atoms with E-state index in [1.54, 1.807) is 19.1 Å². The molecule has 7 nitrogen and oxygen atoms in total. The fraction of sp³-hybridized carbons (Fsp3) is 0.231. The molecule has 20 heavy (non-hydrogen) atoms. The largest absolute Gasteiger partial charge is 0.480 e. The Morgan fingerprint density at radius 2 is 2.25 bits per heavy atom. The first-order chi connectivity index (χ1) is 9.54. The van der Waals surface area contributed by atoms with Gasteiger partial charge in [0.25, 0.3) is 5.69 Å². The number of nitrogens with zero attached hydrogens (tertiary/aromatic N) is 2. The van der Waals surface area contributed by atoms with Crippen molar-refractivity contribution in [3.63, 3.8) is 0 Å². The van der Waals surface area contributed by atoms with Gasteiger partial charge in [-0.05, 0) is 24.6 Å². The number of hydrogen-bond donors (Lipinski definition) is 2. The highest BCUT2D eigenvalue weighted by Crippen LogP contribution is 2.30. The van der Waals surface area contributed by atoms with Crippen molar-refractivity contribution in [3.05, 3.63) is 40.6 Å². The van der Waals surface area contributed by atoms with Crippen LogP contribution in [0.25, 0.3) is 10.9 Å². The lowest BCUT2D eigenvalue weighted by atomic mass is 10.1. The maximum atomic E-state index is 11.1. The molecule has 1 heterocycles. The topological polar surface area (TPSA) is 105 Å². The number of rotatable bonds is 5. The van der Waals surface area contributed by atoms with E-state index in [1.165, 1.54) is 18.3 Å². The number of non-ortho nitro benzene ring substituents is 1. The Hall–Kier alpha value is -2.70. The lowest BCUT2D eigenvalue weighted by molar-refractivity contribution is -0.383. The number of anilines is 1. The third-order valence-corrected chi connectivity index (χ3v) is 2.98. The molecule has 1 aromatic carbocycles. The number of nitro groups is 1. The molecule has 0 spiro atoms. The smallest absolute Gasteiger partial charge is 0.326 e. The number of nitro benzene ring substituents is 1. The number of carbonyl (C=O) groups is 1. The van der Waals surface area contributed by atoms with Gasteiger partial charge < -0.3 is 10.4 Å². The van der Waals surface area contributed by atoms with Crippen molar-refractivity contribution < 1.29 is 14.8 Å². The van der Waals surface area contributed by atoms with Crippen LogP contribution in [0.2, 0.25) is 0 Å². The van der Waals surface area contributed by atoms with Crippen molar-refractivity contribution in [3.8, 4) is 0 Å². The van der Waals surface area contributed by atoms with Crippen LogP contribution in [0.1, 0.15) is 13.3 Å². The SMILES string of the molecule is CCC(Nc1ccc([N+](=O)[O-])c2cccnc12)C(=O)O. The zero-order chi connectivity index (χ0) is 14.7. The molecular formula is C13H13N3O4. The Kier molecular flexibility index (Phi) is 3.79. The second-order valence-corrected chi connectivity index (χ2v) is 4.23. The quantitative estimate of drug-likeness (QED) is 0.641. The normalized spacial score (nSPS) is 12.1. The third kappa shape index (κ3) is 2.51. The van der Waals surface area contributed by atoms with Crippen molar-refractivity contribution >= 4 is 28.2 Å². The van der Waals surface area contributed by atoms with Gasteiger partial charge in [-0.25, -0.2) is 4.79 Å². The summed E-state index contributed by atoms with van der Waals surface area (Å²) in [6.07, 6.45) is 1.90. The molecular weight excluding hydrogens is 262 g/mol. The summed E-state index contributed by atoms with van der Waals surface area (Å²) in [5, 5.41) is 23.3. The molecule has 0 aliphatic rings. The van der Waals surface area contributed by atoms with Crippen molar-refractivity contribution in [1.82, 2.24) is 4.98 Å². The third-order valence-electron chi connectivity index (χ3n) is 2.98. The maximum Gasteiger partial charge on any atom is 0.326 e. The van der Waals surface area contributed by atoms with Crippen LogP contribution in [-0.4, -0.2) is 27.0 Å². The fourth-order valence-electron chi connectivity index (χ4n) is 1.96. The van der Waals surface area contributed by atoms with E-state index < -0.39 is 16.9 Å². The molecule has 7 heteroatoms. The first-order valence-electron chi connectivity index (χ1n) is 6.06. The van der Waals surface area contributed by atoms with Gasteiger partial charge >= 0.3 is 5.97 Å². The van der Waals surface area contributed by atoms with E-state index in [0.29, 0.717) is 23.0 Å². The van der Waals surface area contributed by atoms with E-state index in [-0.39, 0.29) is 5.69 Å². The van der Waals surface area contributed by atoms with Gasteiger partial charge in [0.05, 0.1) is 16.0 Å². The Balaban J connectivity index is 2.53. The number of pyridine rings is 1. The maximum absolute atomic E-state index is 11.1. The highest BCUT2D eigenvalue weighted by atomic mass is 16.6. The predicted molar refractivity (Wildman–Crippen MR) is 73.7 cm³/mol. The van der Waals surface area contributed by atoms with Crippen LogP contribution in [0, 0.1) is 10.1 Å². The number of aromatic nitrogens is 1. The zero-order valence-corrected chi connectivity index (χ0v) is 10.7. The van der Waals surface area contributed by atoms with Gasteiger partial charge in [-0.15, -0.1) is 0 Å². The van der Waals surface area contributed by atoms with Gasteiger partial charge in [-0.3, -0.25) is 15.1 Å². The Morgan fingerprint density at radius 1 is 1.50 bits per heavy atom. The summed E-state index contributed by atoms with van der Waals surface area (Å²) in [5.41, 5.74) is 0.809. The predicted octanol–water partition coefficient (Wildman–Crippen LogP) is 2.42. The zero-order valence-electron chi connectivity index (χ0n) is 10.7. The van der Waals surface area contributed by atoms with Crippen LogP contribution in [0.5, 0.6) is 0 Å². The Labute approximate surface area is 114 Å². The van der Waals surface area contributed by atoms with Crippen LogP contribution in [0.15, 0.2) is 30.5 Å². The van der Waals surface area contributed by atoms with Gasteiger partial charge in [-0.1, -0.05) is 6.92 Å². The number of fused-ring (bicyclic) bond motifs is 1. The van der Waals surface area contributed by atoms with Gasteiger partial charge in [0.15, 0.2) is 0 Å². The molecule has 1 atom stereocenters. The second-order valence-electron chi connectivity index (χ2n) is 4.23. The summed E-state index contributed by atoms with van der Waals surface area (Å²) in [6.45, 7) is 1.74. The molecule has 0 fully saturated rings. The average molecular weight is 275 g/mol. The fourth-order valence-corrected chi connectivity index (χ4v) is 1.96. The first-order valence-corrected chi connectivity index (χ1v) is 6.06. The minimum Gasteiger partial charge on any atom is -0.480 e. The van der Waals surface area contributed by atoms with E-state index in [9.17, 15) is 14.9 Å². The number of aliphatic carboxylic acids is 1. The van der Waals surface area contributed by atoms with Gasteiger partial charge in [0.2, 0.25) is 0 Å². The molecule has 2 N–H and O–H groups in total. The highest BCUT2D eigenvalue weighted by Gasteiger charge is 2.19. The Morgan fingerprint density at radius 3 is 2.85 bits per heavy atom. The summed E-state index contributed by atoms with van der Waals surface area (Å²) in [6, 6.07) is 5.27. The summed E-state index contributed by atoms with van der Waals surface area (Å²) < 4.78 is 0. The van der Waals surface area contributed by atoms with Crippen LogP contribution in [0.4, 0.5) is 11.4 Å². The summed E-state index contributed by atoms with van der Waals surface area (Å²) >= 11 is 0. The van der Waals surface area contributed by atoms with E-state index >= 15 is 0 Å². The molecule has 104 valence electrons. The minimum absolute atomic E-state index is 0.0537. The molecule has 0 amide bonds. The molecule has 0 radical (unpaired) electrons. The molecule has 0 aliphatic carbocycles. The second kappa shape index (κ2) is 5.52. The molecule has 0 saturated carbocycles. The summed E-state index contributed by atoms with van der Waals surface area (Å²) in [4.78, 5) is 25.7. The van der Waals surface area contributed by atoms with Crippen molar-refractivity contribution in [1.29, 1.82) is 0 Å². The van der Waals surface area contributed by atoms with Crippen LogP contribution in [-0.2, 0) is 4.79 Å². The van der Waals surface area contributed by atoms with Crippen LogP contribution >= 0.6 is 0 Å². The van der Waals surface area contributed by atoms with E-state index in [2.05, 4.69) is 10.3 Å². The number of nitrogens with one attached hydrogen (secondary N) is 1. The molecule has 0 bridgehead atoms. The molecule has 1 aromatic heterocycles. The number of benzene rings is 1. The molecule has 0 aliphatic heterocycles. The van der Waals surface area contributed by atoms with Gasteiger partial charge in [0, 0.05) is 12.3 Å². The summed E-state index contributed by atoms with van der Waals surface area (Å²) in [5.74, 6) is -0.977. The van der Waals surface area contributed by atoms with Crippen molar-refractivity contribution in [2.45, 2.75) is 19.4 Å². The van der Waals surface area contributed by atoms with Crippen LogP contribution < -0.4 is 5.32 Å². The molecule has 2 aromatic rings. The number of carboxylic acids is 1. The van der Waals surface area contributed by atoms with E-state index in [4.69, 9.17) is 5.11 Å². The Bertz CT molecular complexity index is 672. The molecule has 1 unspecified atom stereocenters. The number of hydrogen-bond acceptors (Lipinski definition) is 5. The highest BCUT2D eigenvalue weighted by molar-refractivity contribution is 5.97. The standard InChI is InChI=1S/C13H13N3O4/c1-2-9(13(17)18)15-10-5-6-11(16(19)20)8-4-3-7-14-12(8)10/h3-7,9,15H,2H2,1H3,(H,17,18). The van der Waals surface area contributed by atoms with Crippen LogP contribution in [0.3, 0.4) is 0 Å². The molecule has 2 rings (SSSR count). The molecule has 0 saturated heterocycles. The first kappa shape index (κ1) is 13.7. The number of carboxylic acid groups (broad SMARTS) is 1. The summed E-state index contributed by atoms with van der Waals surface area (Å²) in [7, 11) is 0. The van der Waals surface area contributed by atoms with Crippen molar-refractivity contribution in [2.75, 3.05) is 5.32 Å². The average Bonchev–Trinajstić information content (AvgIpc) is 2.43. The van der Waals surface area contributed by atoms with E-state index in [1.807, 2.05) is 0 Å². The minimum atomic E-state index is -0.977. The van der Waals surface area contributed by atoms with Crippen molar-refractivity contribution in [2.24, 2.45) is 0 Å². The lowest BCUT2D eigenvalue weighted by Crippen LogP contribution is -2.28. The monoisotopic (exact) mass is 275 g/mol.